The number of aromatic hydroxyl groups is 1. The van der Waals surface area contributed by atoms with E-state index in [0.717, 1.165) is 48.6 Å². The van der Waals surface area contributed by atoms with Crippen molar-refractivity contribution < 1.29 is 9.90 Å². The number of hydrogen-bond donors (Lipinski definition) is 2. The second kappa shape index (κ2) is 6.65. The zero-order valence-electron chi connectivity index (χ0n) is 15.3. The Bertz CT molecular complexity index is 824. The van der Waals surface area contributed by atoms with Gasteiger partial charge in [-0.15, -0.1) is 0 Å². The Morgan fingerprint density at radius 1 is 1.08 bits per heavy atom. The Balaban J connectivity index is 1.62. The minimum Gasteiger partial charge on any atom is -0.508 e. The van der Waals surface area contributed by atoms with E-state index in [4.69, 9.17) is 0 Å². The fourth-order valence-electron chi connectivity index (χ4n) is 3.89. The van der Waals surface area contributed by atoms with Crippen LogP contribution in [-0.2, 0) is 4.79 Å². The van der Waals surface area contributed by atoms with Crippen molar-refractivity contribution >= 4 is 17.3 Å². The van der Waals surface area contributed by atoms with Crippen LogP contribution >= 0.6 is 0 Å². The Labute approximate surface area is 154 Å². The summed E-state index contributed by atoms with van der Waals surface area (Å²) in [6.07, 6.45) is 0.436. The maximum absolute atomic E-state index is 12.1. The number of anilines is 2. The molecule has 2 aromatic carbocycles. The predicted molar refractivity (Wildman–Crippen MR) is 104 cm³/mol. The number of nitrogens with one attached hydrogen (secondary N) is 1. The molecule has 136 valence electrons. The molecule has 1 amide bonds. The third-order valence-electron chi connectivity index (χ3n) is 5.57. The Kier molecular flexibility index (Phi) is 4.32. The first-order valence-corrected chi connectivity index (χ1v) is 9.18. The monoisotopic (exact) mass is 351 g/mol. The van der Waals surface area contributed by atoms with Crippen molar-refractivity contribution in [2.45, 2.75) is 19.3 Å². The lowest BCUT2D eigenvalue weighted by atomic mass is 9.84. The quantitative estimate of drug-likeness (QED) is 0.873. The summed E-state index contributed by atoms with van der Waals surface area (Å²) in [7, 11) is 2.16. The van der Waals surface area contributed by atoms with Gasteiger partial charge in [-0.05, 0) is 48.9 Å². The third kappa shape index (κ3) is 3.15. The van der Waals surface area contributed by atoms with Crippen LogP contribution in [0.2, 0.25) is 0 Å². The Morgan fingerprint density at radius 2 is 1.77 bits per heavy atom. The van der Waals surface area contributed by atoms with E-state index in [1.807, 2.05) is 13.0 Å². The van der Waals surface area contributed by atoms with Gasteiger partial charge in [0.1, 0.15) is 5.75 Å². The molecule has 0 aromatic heterocycles. The van der Waals surface area contributed by atoms with Gasteiger partial charge < -0.3 is 20.2 Å². The number of phenols is 1. The van der Waals surface area contributed by atoms with Crippen LogP contribution in [0.3, 0.4) is 0 Å². The van der Waals surface area contributed by atoms with Crippen molar-refractivity contribution in [3.63, 3.8) is 0 Å². The van der Waals surface area contributed by atoms with Gasteiger partial charge in [-0.3, -0.25) is 4.79 Å². The fourth-order valence-corrected chi connectivity index (χ4v) is 3.89. The number of benzene rings is 2. The molecule has 1 saturated heterocycles. The van der Waals surface area contributed by atoms with Crippen molar-refractivity contribution in [1.82, 2.24) is 4.90 Å². The van der Waals surface area contributed by atoms with E-state index >= 15 is 0 Å². The number of amides is 1. The predicted octanol–water partition coefficient (Wildman–Crippen LogP) is 2.93. The lowest BCUT2D eigenvalue weighted by Crippen LogP contribution is -2.44. The van der Waals surface area contributed by atoms with Crippen LogP contribution in [0.25, 0.3) is 0 Å². The van der Waals surface area contributed by atoms with Crippen molar-refractivity contribution in [1.29, 1.82) is 0 Å². The minimum absolute atomic E-state index is 0.00565. The first kappa shape index (κ1) is 16.9. The molecule has 4 rings (SSSR count). The molecule has 26 heavy (non-hydrogen) atoms. The molecule has 2 aliphatic heterocycles. The van der Waals surface area contributed by atoms with Crippen molar-refractivity contribution in [3.8, 4) is 5.75 Å². The average molecular weight is 351 g/mol. The maximum atomic E-state index is 12.1. The van der Waals surface area contributed by atoms with Gasteiger partial charge in [0.15, 0.2) is 0 Å². The first-order valence-electron chi connectivity index (χ1n) is 9.18. The zero-order valence-corrected chi connectivity index (χ0v) is 15.3. The van der Waals surface area contributed by atoms with E-state index in [9.17, 15) is 9.90 Å². The molecule has 0 aliphatic carbocycles. The van der Waals surface area contributed by atoms with E-state index in [2.05, 4.69) is 46.4 Å². The summed E-state index contributed by atoms with van der Waals surface area (Å²) in [5.74, 6) is 0.239. The highest BCUT2D eigenvalue weighted by atomic mass is 16.3. The standard InChI is InChI=1S/C21H25N3O2/c1-14-11-18-17(12-21(26)22-19(18)13-20(14)25)15-3-5-16(6-4-15)24-9-7-23(2)8-10-24/h3-6,11,13,17,25H,7-10,12H2,1-2H3,(H,22,26). The maximum Gasteiger partial charge on any atom is 0.225 e. The minimum atomic E-state index is -0.00565. The van der Waals surface area contributed by atoms with Crippen molar-refractivity contribution in [2.75, 3.05) is 43.4 Å². The van der Waals surface area contributed by atoms with Crippen molar-refractivity contribution in [3.05, 3.63) is 53.1 Å². The number of aryl methyl sites for hydroxylation is 1. The summed E-state index contributed by atoms with van der Waals surface area (Å²) in [5, 5.41) is 12.8. The normalized spacial score (nSPS) is 20.6. The summed E-state index contributed by atoms with van der Waals surface area (Å²) >= 11 is 0. The molecule has 0 saturated carbocycles. The van der Waals surface area contributed by atoms with Crippen LogP contribution in [0.1, 0.15) is 29.0 Å². The molecule has 5 heteroatoms. The van der Waals surface area contributed by atoms with Gasteiger partial charge in [0, 0.05) is 56.0 Å². The number of carbonyl (C=O) groups excluding carboxylic acids is 1. The molecule has 0 radical (unpaired) electrons. The molecule has 2 N–H and O–H groups in total. The van der Waals surface area contributed by atoms with Gasteiger partial charge in [0.25, 0.3) is 0 Å². The molecule has 1 atom stereocenters. The number of hydrogen-bond acceptors (Lipinski definition) is 4. The third-order valence-corrected chi connectivity index (χ3v) is 5.57. The molecule has 2 aliphatic rings. The highest BCUT2D eigenvalue weighted by Gasteiger charge is 2.27. The van der Waals surface area contributed by atoms with Gasteiger partial charge in [-0.1, -0.05) is 12.1 Å². The van der Waals surface area contributed by atoms with Crippen LogP contribution in [0.4, 0.5) is 11.4 Å². The van der Waals surface area contributed by atoms with Crippen LogP contribution < -0.4 is 10.2 Å². The topological polar surface area (TPSA) is 55.8 Å². The highest BCUT2D eigenvalue weighted by molar-refractivity contribution is 5.95. The summed E-state index contributed by atoms with van der Waals surface area (Å²) < 4.78 is 0. The molecule has 0 bridgehead atoms. The largest absolute Gasteiger partial charge is 0.508 e. The number of phenolic OH excluding ortho intramolecular Hbond substituents is 1. The lowest BCUT2D eigenvalue weighted by molar-refractivity contribution is -0.116. The second-order valence-corrected chi connectivity index (χ2v) is 7.41. The average Bonchev–Trinajstić information content (AvgIpc) is 2.63. The number of piperazine rings is 1. The molecule has 5 nitrogen and oxygen atoms in total. The fraction of sp³-hybridized carbons (Fsp3) is 0.381. The number of carbonyl (C=O) groups is 1. The first-order chi connectivity index (χ1) is 12.5. The highest BCUT2D eigenvalue weighted by Crippen LogP contribution is 2.40. The molecule has 2 aromatic rings. The van der Waals surface area contributed by atoms with Crippen molar-refractivity contribution in [2.24, 2.45) is 0 Å². The van der Waals surface area contributed by atoms with Crippen LogP contribution in [0.15, 0.2) is 36.4 Å². The van der Waals surface area contributed by atoms with Crippen LogP contribution in [0, 0.1) is 6.92 Å². The molecule has 1 fully saturated rings. The Morgan fingerprint density at radius 3 is 2.46 bits per heavy atom. The number of fused-ring (bicyclic) bond motifs is 1. The van der Waals surface area contributed by atoms with Gasteiger partial charge >= 0.3 is 0 Å². The number of rotatable bonds is 2. The summed E-state index contributed by atoms with van der Waals surface area (Å²) in [4.78, 5) is 16.9. The number of likely N-dealkylation sites (N-methyl/N-ethyl adjacent to an activating group) is 1. The molecule has 2 heterocycles. The molecule has 0 spiro atoms. The van der Waals surface area contributed by atoms with E-state index in [0.29, 0.717) is 6.42 Å². The van der Waals surface area contributed by atoms with Gasteiger partial charge in [0.05, 0.1) is 0 Å². The van der Waals surface area contributed by atoms with Crippen LogP contribution in [0.5, 0.6) is 5.75 Å². The SMILES string of the molecule is Cc1cc2c(cc1O)NC(=O)CC2c1ccc(N2CCN(C)CC2)cc1. The van der Waals surface area contributed by atoms with E-state index < -0.39 is 0 Å². The summed E-state index contributed by atoms with van der Waals surface area (Å²) in [5.41, 5.74) is 5.01. The lowest BCUT2D eigenvalue weighted by Gasteiger charge is -2.34. The van der Waals surface area contributed by atoms with E-state index in [-0.39, 0.29) is 17.6 Å². The van der Waals surface area contributed by atoms with Crippen LogP contribution in [-0.4, -0.2) is 49.1 Å². The van der Waals surface area contributed by atoms with E-state index in [1.54, 1.807) is 6.07 Å². The van der Waals surface area contributed by atoms with E-state index in [1.165, 1.54) is 5.69 Å². The van der Waals surface area contributed by atoms with Gasteiger partial charge in [-0.25, -0.2) is 0 Å². The molecular weight excluding hydrogens is 326 g/mol. The van der Waals surface area contributed by atoms with Gasteiger partial charge in [0.2, 0.25) is 5.91 Å². The Hall–Kier alpha value is -2.53. The second-order valence-electron chi connectivity index (χ2n) is 7.41. The smallest absolute Gasteiger partial charge is 0.225 e. The molecular formula is C21H25N3O2. The zero-order chi connectivity index (χ0) is 18.3. The number of nitrogens with zero attached hydrogens (tertiary/aromatic N) is 2. The summed E-state index contributed by atoms with van der Waals surface area (Å²) in [6, 6.07) is 12.3. The molecule has 1 unspecified atom stereocenters. The summed E-state index contributed by atoms with van der Waals surface area (Å²) in [6.45, 7) is 6.15. The van der Waals surface area contributed by atoms with Gasteiger partial charge in [-0.2, -0.15) is 0 Å².